The second-order valence-electron chi connectivity index (χ2n) is 4.16. The molecule has 0 unspecified atom stereocenters. The smallest absolute Gasteiger partial charge is 0.150 e. The standard InChI is InChI=1S/C13H12F2N4/c1-8-10(7-18-19(8)2)6-17-13-11(14)3-9(5-16)4-12(13)15/h3-4,7,17H,6H2,1-2H3. The van der Waals surface area contributed by atoms with E-state index >= 15 is 0 Å². The highest BCUT2D eigenvalue weighted by Crippen LogP contribution is 2.21. The topological polar surface area (TPSA) is 53.6 Å². The number of aromatic nitrogens is 2. The van der Waals surface area contributed by atoms with Gasteiger partial charge in [0.05, 0.1) is 17.8 Å². The van der Waals surface area contributed by atoms with E-state index in [9.17, 15) is 8.78 Å². The lowest BCUT2D eigenvalue weighted by atomic mass is 10.2. The Hall–Kier alpha value is -2.42. The highest BCUT2D eigenvalue weighted by Gasteiger charge is 2.12. The van der Waals surface area contributed by atoms with E-state index in [0.717, 1.165) is 23.4 Å². The second kappa shape index (κ2) is 5.06. The summed E-state index contributed by atoms with van der Waals surface area (Å²) in [4.78, 5) is 0. The molecule has 0 fully saturated rings. The van der Waals surface area contributed by atoms with Gasteiger partial charge in [0.25, 0.3) is 0 Å². The molecule has 0 saturated carbocycles. The van der Waals surface area contributed by atoms with Gasteiger partial charge >= 0.3 is 0 Å². The monoisotopic (exact) mass is 262 g/mol. The minimum absolute atomic E-state index is 0.0434. The Balaban J connectivity index is 2.21. The lowest BCUT2D eigenvalue weighted by Crippen LogP contribution is -2.05. The van der Waals surface area contributed by atoms with Gasteiger partial charge in [-0.2, -0.15) is 10.4 Å². The first-order valence-corrected chi connectivity index (χ1v) is 5.63. The number of hydrogen-bond acceptors (Lipinski definition) is 3. The molecule has 0 amide bonds. The predicted molar refractivity (Wildman–Crippen MR) is 66.3 cm³/mol. The van der Waals surface area contributed by atoms with Gasteiger partial charge in [-0.3, -0.25) is 4.68 Å². The van der Waals surface area contributed by atoms with E-state index < -0.39 is 11.6 Å². The van der Waals surface area contributed by atoms with Crippen LogP contribution in [-0.4, -0.2) is 9.78 Å². The Morgan fingerprint density at radius 3 is 2.47 bits per heavy atom. The predicted octanol–water partition coefficient (Wildman–Crippen LogP) is 2.49. The van der Waals surface area contributed by atoms with Gasteiger partial charge in [-0.05, 0) is 19.1 Å². The Labute approximate surface area is 109 Å². The van der Waals surface area contributed by atoms with E-state index in [2.05, 4.69) is 10.4 Å². The Kier molecular flexibility index (Phi) is 3.47. The van der Waals surface area contributed by atoms with Crippen molar-refractivity contribution in [2.24, 2.45) is 7.05 Å². The summed E-state index contributed by atoms with van der Waals surface area (Å²) < 4.78 is 28.9. The van der Waals surface area contributed by atoms with Crippen LogP contribution < -0.4 is 5.32 Å². The third kappa shape index (κ3) is 2.55. The fourth-order valence-corrected chi connectivity index (χ4v) is 1.71. The van der Waals surface area contributed by atoms with Crippen LogP contribution in [0.2, 0.25) is 0 Å². The minimum Gasteiger partial charge on any atom is -0.376 e. The fourth-order valence-electron chi connectivity index (χ4n) is 1.71. The highest BCUT2D eigenvalue weighted by molar-refractivity contribution is 5.50. The zero-order valence-corrected chi connectivity index (χ0v) is 10.5. The van der Waals surface area contributed by atoms with Crippen molar-refractivity contribution in [3.05, 3.63) is 46.8 Å². The fraction of sp³-hybridized carbons (Fsp3) is 0.231. The van der Waals surface area contributed by atoms with Gasteiger partial charge in [0.2, 0.25) is 0 Å². The van der Waals surface area contributed by atoms with Crippen LogP contribution in [0.1, 0.15) is 16.8 Å². The summed E-state index contributed by atoms with van der Waals surface area (Å²) in [5, 5.41) is 15.3. The number of nitrogens with zero attached hydrogens (tertiary/aromatic N) is 3. The molecule has 0 spiro atoms. The molecule has 1 N–H and O–H groups in total. The maximum Gasteiger partial charge on any atom is 0.150 e. The Bertz CT molecular complexity index is 632. The first kappa shape index (κ1) is 13.0. The molecular weight excluding hydrogens is 250 g/mol. The maximum atomic E-state index is 13.6. The molecule has 0 saturated heterocycles. The Morgan fingerprint density at radius 2 is 2.00 bits per heavy atom. The number of halogens is 2. The summed E-state index contributed by atoms with van der Waals surface area (Å²) in [5.41, 5.74) is 1.49. The highest BCUT2D eigenvalue weighted by atomic mass is 19.1. The average molecular weight is 262 g/mol. The summed E-state index contributed by atoms with van der Waals surface area (Å²) in [6.45, 7) is 2.13. The normalized spacial score (nSPS) is 10.3. The molecule has 19 heavy (non-hydrogen) atoms. The number of nitrogens with one attached hydrogen (secondary N) is 1. The third-order valence-corrected chi connectivity index (χ3v) is 2.96. The molecule has 0 bridgehead atoms. The zero-order chi connectivity index (χ0) is 14.0. The van der Waals surface area contributed by atoms with Crippen molar-refractivity contribution in [3.8, 4) is 6.07 Å². The lowest BCUT2D eigenvalue weighted by Gasteiger charge is -2.09. The number of rotatable bonds is 3. The first-order chi connectivity index (χ1) is 9.02. The van der Waals surface area contributed by atoms with Crippen LogP contribution in [0.3, 0.4) is 0 Å². The Morgan fingerprint density at radius 1 is 1.37 bits per heavy atom. The summed E-state index contributed by atoms with van der Waals surface area (Å²) in [7, 11) is 1.79. The number of aryl methyl sites for hydroxylation is 1. The molecule has 0 aliphatic carbocycles. The minimum atomic E-state index is -0.780. The molecule has 6 heteroatoms. The summed E-state index contributed by atoms with van der Waals surface area (Å²) >= 11 is 0. The number of nitriles is 1. The van der Waals surface area contributed by atoms with Crippen molar-refractivity contribution < 1.29 is 8.78 Å². The van der Waals surface area contributed by atoms with E-state index in [4.69, 9.17) is 5.26 Å². The molecule has 4 nitrogen and oxygen atoms in total. The average Bonchev–Trinajstić information content (AvgIpc) is 2.69. The molecule has 1 aromatic heterocycles. The molecule has 98 valence electrons. The molecule has 0 aliphatic rings. The van der Waals surface area contributed by atoms with Crippen LogP contribution in [0.25, 0.3) is 0 Å². The van der Waals surface area contributed by atoms with Crippen molar-refractivity contribution in [1.29, 1.82) is 5.26 Å². The van der Waals surface area contributed by atoms with Gasteiger partial charge < -0.3 is 5.32 Å². The van der Waals surface area contributed by atoms with E-state index in [0.29, 0.717) is 0 Å². The van der Waals surface area contributed by atoms with Crippen LogP contribution in [0.4, 0.5) is 14.5 Å². The summed E-state index contributed by atoms with van der Waals surface area (Å²) in [5.74, 6) is -1.56. The molecule has 0 aliphatic heterocycles. The molecule has 2 aromatic rings. The molecular formula is C13H12F2N4. The molecule has 1 heterocycles. The molecule has 1 aromatic carbocycles. The van der Waals surface area contributed by atoms with Crippen molar-refractivity contribution in [2.75, 3.05) is 5.32 Å². The quantitative estimate of drug-likeness (QED) is 0.924. The van der Waals surface area contributed by atoms with Crippen molar-refractivity contribution in [3.63, 3.8) is 0 Å². The maximum absolute atomic E-state index is 13.6. The van der Waals surface area contributed by atoms with Gasteiger partial charge in [-0.25, -0.2) is 8.78 Å². The van der Waals surface area contributed by atoms with Gasteiger partial charge in [0.15, 0.2) is 11.6 Å². The van der Waals surface area contributed by atoms with Crippen LogP contribution >= 0.6 is 0 Å². The molecule has 0 radical (unpaired) electrons. The van der Waals surface area contributed by atoms with Crippen LogP contribution in [-0.2, 0) is 13.6 Å². The molecule has 0 atom stereocenters. The first-order valence-electron chi connectivity index (χ1n) is 5.63. The summed E-state index contributed by atoms with van der Waals surface area (Å²) in [6, 6.07) is 3.70. The SMILES string of the molecule is Cc1c(CNc2c(F)cc(C#N)cc2F)cnn1C. The van der Waals surface area contributed by atoms with E-state index in [1.54, 1.807) is 24.0 Å². The van der Waals surface area contributed by atoms with Crippen LogP contribution in [0.15, 0.2) is 18.3 Å². The summed E-state index contributed by atoms with van der Waals surface area (Å²) in [6.07, 6.45) is 1.64. The van der Waals surface area contributed by atoms with Crippen molar-refractivity contribution >= 4 is 5.69 Å². The van der Waals surface area contributed by atoms with E-state index in [1.165, 1.54) is 0 Å². The number of anilines is 1. The van der Waals surface area contributed by atoms with Crippen molar-refractivity contribution in [1.82, 2.24) is 9.78 Å². The van der Waals surface area contributed by atoms with Crippen molar-refractivity contribution in [2.45, 2.75) is 13.5 Å². The van der Waals surface area contributed by atoms with E-state index in [-0.39, 0.29) is 17.8 Å². The second-order valence-corrected chi connectivity index (χ2v) is 4.16. The number of benzene rings is 1. The van der Waals surface area contributed by atoms with E-state index in [1.807, 2.05) is 6.92 Å². The number of hydrogen-bond donors (Lipinski definition) is 1. The van der Waals surface area contributed by atoms with Gasteiger partial charge in [0, 0.05) is 24.8 Å². The lowest BCUT2D eigenvalue weighted by molar-refractivity contribution is 0.587. The van der Waals surface area contributed by atoms with Crippen LogP contribution in [0, 0.1) is 29.9 Å². The third-order valence-electron chi connectivity index (χ3n) is 2.96. The largest absolute Gasteiger partial charge is 0.376 e. The van der Waals surface area contributed by atoms with Crippen LogP contribution in [0.5, 0.6) is 0 Å². The zero-order valence-electron chi connectivity index (χ0n) is 10.5. The molecule has 2 rings (SSSR count). The van der Waals surface area contributed by atoms with Gasteiger partial charge in [-0.15, -0.1) is 0 Å². The van der Waals surface area contributed by atoms with Gasteiger partial charge in [-0.1, -0.05) is 0 Å². The van der Waals surface area contributed by atoms with Gasteiger partial charge in [0.1, 0.15) is 5.69 Å².